The van der Waals surface area contributed by atoms with Gasteiger partial charge in [-0.05, 0) is 31.0 Å². The summed E-state index contributed by atoms with van der Waals surface area (Å²) in [6.07, 6.45) is 3.32. The topological polar surface area (TPSA) is 81.5 Å². The normalized spacial score (nSPS) is 14.9. The van der Waals surface area contributed by atoms with Crippen LogP contribution in [-0.4, -0.2) is 33.8 Å². The third kappa shape index (κ3) is 3.39. The van der Waals surface area contributed by atoms with Gasteiger partial charge in [0.1, 0.15) is 12.0 Å². The van der Waals surface area contributed by atoms with Crippen LogP contribution in [0.5, 0.6) is 0 Å². The molecule has 0 bridgehead atoms. The Morgan fingerprint density at radius 3 is 2.77 bits per heavy atom. The number of anilines is 1. The number of carbonyl (C=O) groups excluding carboxylic acids is 1. The summed E-state index contributed by atoms with van der Waals surface area (Å²) in [6.45, 7) is 6.09. The van der Waals surface area contributed by atoms with Crippen molar-refractivity contribution in [2.24, 2.45) is 0 Å². The first-order valence-electron chi connectivity index (χ1n) is 10.2. The van der Waals surface area contributed by atoms with Crippen LogP contribution in [0, 0.1) is 13.8 Å². The lowest BCUT2D eigenvalue weighted by Crippen LogP contribution is -2.35. The van der Waals surface area contributed by atoms with Gasteiger partial charge in [0, 0.05) is 30.5 Å². The minimum atomic E-state index is -0.0419. The van der Waals surface area contributed by atoms with E-state index in [4.69, 9.17) is 14.5 Å². The van der Waals surface area contributed by atoms with E-state index in [0.717, 1.165) is 34.6 Å². The molecule has 31 heavy (non-hydrogen) atoms. The smallest absolute Gasteiger partial charge is 0.268 e. The Bertz CT molecular complexity index is 1170. The Hall–Kier alpha value is -3.81. The Morgan fingerprint density at radius 1 is 1.19 bits per heavy atom. The fraction of sp³-hybridized carbons (Fsp3) is 0.261. The molecule has 0 aliphatic carbocycles. The number of ether oxygens (including phenoxy) is 2. The minimum absolute atomic E-state index is 0.0419. The maximum atomic E-state index is 12.4. The third-order valence-electron chi connectivity index (χ3n) is 5.65. The van der Waals surface area contributed by atoms with E-state index >= 15 is 0 Å². The Balaban J connectivity index is 1.57. The number of nitrogens with zero attached hydrogens (tertiary/aromatic N) is 4. The molecule has 8 nitrogen and oxygen atoms in total. The highest BCUT2D eigenvalue weighted by molar-refractivity contribution is 5.97. The van der Waals surface area contributed by atoms with Crippen molar-refractivity contribution in [3.05, 3.63) is 77.3 Å². The zero-order valence-electron chi connectivity index (χ0n) is 17.5. The molecule has 0 spiro atoms. The van der Waals surface area contributed by atoms with Crippen LogP contribution in [0.25, 0.3) is 11.3 Å². The van der Waals surface area contributed by atoms with Crippen LogP contribution < -0.4 is 10.2 Å². The lowest BCUT2D eigenvalue weighted by atomic mass is 10.1. The molecule has 2 aromatic heterocycles. The average Bonchev–Trinajstić information content (AvgIpc) is 3.41. The van der Waals surface area contributed by atoms with Gasteiger partial charge in [-0.25, -0.2) is 9.97 Å². The molecule has 8 heteroatoms. The second-order valence-corrected chi connectivity index (χ2v) is 7.54. The molecular formula is C23H23N5O3. The zero-order chi connectivity index (χ0) is 21.4. The SMILES string of the molecule is Cc1c(-c2ccnc(N(Cc3ccccc3)C3=COCO3)n2)c(C)n2c1C(=O)NCC2. The van der Waals surface area contributed by atoms with Gasteiger partial charge in [-0.15, -0.1) is 0 Å². The molecule has 0 unspecified atom stereocenters. The van der Waals surface area contributed by atoms with E-state index in [1.54, 1.807) is 12.5 Å². The molecule has 1 N–H and O–H groups in total. The zero-order valence-corrected chi connectivity index (χ0v) is 17.5. The lowest BCUT2D eigenvalue weighted by molar-refractivity contribution is 0.0780. The molecule has 158 valence electrons. The predicted molar refractivity (Wildman–Crippen MR) is 115 cm³/mol. The molecule has 0 saturated carbocycles. The molecule has 4 heterocycles. The van der Waals surface area contributed by atoms with E-state index in [1.165, 1.54) is 0 Å². The van der Waals surface area contributed by atoms with Crippen LogP contribution in [0.4, 0.5) is 5.95 Å². The second kappa shape index (κ2) is 7.79. The van der Waals surface area contributed by atoms with Gasteiger partial charge >= 0.3 is 0 Å². The minimum Gasteiger partial charge on any atom is -0.459 e. The highest BCUT2D eigenvalue weighted by Gasteiger charge is 2.27. The Morgan fingerprint density at radius 2 is 2.03 bits per heavy atom. The van der Waals surface area contributed by atoms with E-state index < -0.39 is 0 Å². The summed E-state index contributed by atoms with van der Waals surface area (Å²) in [5.74, 6) is 1.02. The number of aromatic nitrogens is 3. The number of fused-ring (bicyclic) bond motifs is 1. The van der Waals surface area contributed by atoms with Crippen LogP contribution in [0.3, 0.4) is 0 Å². The molecule has 0 radical (unpaired) electrons. The number of benzene rings is 1. The Labute approximate surface area is 180 Å². The molecule has 3 aromatic rings. The van der Waals surface area contributed by atoms with E-state index in [9.17, 15) is 4.79 Å². The molecule has 1 aromatic carbocycles. The summed E-state index contributed by atoms with van der Waals surface area (Å²) < 4.78 is 13.0. The van der Waals surface area contributed by atoms with Crippen LogP contribution >= 0.6 is 0 Å². The summed E-state index contributed by atoms with van der Waals surface area (Å²) in [6, 6.07) is 11.9. The highest BCUT2D eigenvalue weighted by Crippen LogP contribution is 2.33. The average molecular weight is 417 g/mol. The van der Waals surface area contributed by atoms with Crippen molar-refractivity contribution in [1.82, 2.24) is 19.9 Å². The lowest BCUT2D eigenvalue weighted by Gasteiger charge is -2.22. The Kier molecular flexibility index (Phi) is 4.82. The van der Waals surface area contributed by atoms with Crippen molar-refractivity contribution < 1.29 is 14.3 Å². The van der Waals surface area contributed by atoms with E-state index in [2.05, 4.69) is 14.9 Å². The quantitative estimate of drug-likeness (QED) is 0.687. The standard InChI is InChI=1S/C23H23N5O3/c1-15-20(16(2)27-11-10-24-22(29)21(15)27)18-8-9-25-23(26-18)28(19-13-30-14-31-19)12-17-6-4-3-5-7-17/h3-9,13H,10-12,14H2,1-2H3,(H,24,29). The molecule has 0 saturated heterocycles. The summed E-state index contributed by atoms with van der Waals surface area (Å²) >= 11 is 0. The van der Waals surface area contributed by atoms with Gasteiger partial charge in [0.05, 0.1) is 12.2 Å². The van der Waals surface area contributed by atoms with Gasteiger partial charge < -0.3 is 19.4 Å². The second-order valence-electron chi connectivity index (χ2n) is 7.54. The predicted octanol–water partition coefficient (Wildman–Crippen LogP) is 3.12. The van der Waals surface area contributed by atoms with Crippen LogP contribution in [-0.2, 0) is 22.6 Å². The van der Waals surface area contributed by atoms with E-state index in [1.807, 2.05) is 55.1 Å². The summed E-state index contributed by atoms with van der Waals surface area (Å²) in [4.78, 5) is 23.7. The first-order valence-corrected chi connectivity index (χ1v) is 10.2. The third-order valence-corrected chi connectivity index (χ3v) is 5.65. The maximum absolute atomic E-state index is 12.4. The van der Waals surface area contributed by atoms with Gasteiger partial charge in [-0.3, -0.25) is 9.69 Å². The number of hydrogen-bond acceptors (Lipinski definition) is 6. The van der Waals surface area contributed by atoms with Crippen molar-refractivity contribution >= 4 is 11.9 Å². The fourth-order valence-electron chi connectivity index (χ4n) is 4.22. The molecule has 2 aliphatic rings. The van der Waals surface area contributed by atoms with Crippen molar-refractivity contribution in [3.63, 3.8) is 0 Å². The largest absolute Gasteiger partial charge is 0.459 e. The van der Waals surface area contributed by atoms with Crippen molar-refractivity contribution in [2.45, 2.75) is 26.9 Å². The van der Waals surface area contributed by atoms with Gasteiger partial charge in [-0.1, -0.05) is 30.3 Å². The number of hydrogen-bond donors (Lipinski definition) is 1. The van der Waals surface area contributed by atoms with Crippen LogP contribution in [0.2, 0.25) is 0 Å². The van der Waals surface area contributed by atoms with Crippen molar-refractivity contribution in [1.29, 1.82) is 0 Å². The highest BCUT2D eigenvalue weighted by atomic mass is 16.7. The number of nitrogens with one attached hydrogen (secondary N) is 1. The van der Waals surface area contributed by atoms with Gasteiger partial charge in [0.2, 0.25) is 18.6 Å². The summed E-state index contributed by atoms with van der Waals surface area (Å²) in [7, 11) is 0. The fourth-order valence-corrected chi connectivity index (χ4v) is 4.22. The van der Waals surface area contributed by atoms with E-state index in [-0.39, 0.29) is 12.7 Å². The maximum Gasteiger partial charge on any atom is 0.268 e. The molecule has 0 atom stereocenters. The van der Waals surface area contributed by atoms with Gasteiger partial charge in [0.15, 0.2) is 0 Å². The first-order chi connectivity index (χ1) is 15.1. The molecule has 1 amide bonds. The summed E-state index contributed by atoms with van der Waals surface area (Å²) in [5, 5.41) is 2.93. The van der Waals surface area contributed by atoms with Crippen LogP contribution in [0.1, 0.15) is 27.3 Å². The monoisotopic (exact) mass is 417 g/mol. The number of amides is 1. The summed E-state index contributed by atoms with van der Waals surface area (Å²) in [5.41, 5.74) is 5.49. The first kappa shape index (κ1) is 19.2. The molecule has 2 aliphatic heterocycles. The molecule has 5 rings (SSSR count). The van der Waals surface area contributed by atoms with Crippen LogP contribution in [0.15, 0.2) is 54.7 Å². The number of carbonyl (C=O) groups is 1. The van der Waals surface area contributed by atoms with Crippen molar-refractivity contribution in [2.75, 3.05) is 18.2 Å². The van der Waals surface area contributed by atoms with Crippen molar-refractivity contribution in [3.8, 4) is 11.3 Å². The molecular weight excluding hydrogens is 394 g/mol. The number of rotatable bonds is 5. The molecule has 0 fully saturated rings. The van der Waals surface area contributed by atoms with Gasteiger partial charge in [-0.2, -0.15) is 0 Å². The van der Waals surface area contributed by atoms with E-state index in [0.29, 0.717) is 30.6 Å². The van der Waals surface area contributed by atoms with Gasteiger partial charge in [0.25, 0.3) is 5.91 Å².